The summed E-state index contributed by atoms with van der Waals surface area (Å²) in [6.45, 7) is 0. The standard InChI is InChI=1S/C46H28N2OS/c1-2-12-30(13-3-1)48-40-18-8-6-15-34(40)39-27-31(23-26-41(39)48)47(32-22-25-36-35-16-7-9-20-43(35)50-44(36)28-32)42-19-10-17-37-38-24-21-29-11-4-5-14-33(29)45(38)49-46(37)42/h1-28H. The summed E-state index contributed by atoms with van der Waals surface area (Å²) in [5.41, 5.74) is 8.49. The van der Waals surface area contributed by atoms with Crippen molar-refractivity contribution in [3.05, 3.63) is 170 Å². The quantitative estimate of drug-likeness (QED) is 0.188. The van der Waals surface area contributed by atoms with Crippen LogP contribution in [0.25, 0.3) is 80.4 Å². The van der Waals surface area contributed by atoms with Crippen LogP contribution in [-0.4, -0.2) is 4.57 Å². The fraction of sp³-hybridized carbons (Fsp3) is 0. The van der Waals surface area contributed by atoms with E-state index in [1.807, 2.05) is 11.3 Å². The lowest BCUT2D eigenvalue weighted by atomic mass is 10.0. The van der Waals surface area contributed by atoms with Crippen LogP contribution >= 0.6 is 11.3 Å². The van der Waals surface area contributed by atoms with Crippen molar-refractivity contribution in [2.24, 2.45) is 0 Å². The maximum absolute atomic E-state index is 6.93. The number of para-hydroxylation sites is 3. The Labute approximate surface area is 291 Å². The molecule has 3 nitrogen and oxygen atoms in total. The lowest BCUT2D eigenvalue weighted by Crippen LogP contribution is -2.10. The van der Waals surface area contributed by atoms with Gasteiger partial charge in [0.25, 0.3) is 0 Å². The first-order chi connectivity index (χ1) is 24.8. The van der Waals surface area contributed by atoms with E-state index in [0.29, 0.717) is 0 Å². The summed E-state index contributed by atoms with van der Waals surface area (Å²) in [5.74, 6) is 0. The monoisotopic (exact) mass is 656 g/mol. The van der Waals surface area contributed by atoms with E-state index in [1.54, 1.807) is 0 Å². The summed E-state index contributed by atoms with van der Waals surface area (Å²) in [6.07, 6.45) is 0. The molecule has 234 valence electrons. The molecular formula is C46H28N2OS. The van der Waals surface area contributed by atoms with Gasteiger partial charge in [0.1, 0.15) is 5.58 Å². The SMILES string of the molecule is c1ccc(-n2c3ccccc3c3cc(N(c4ccc5c(c4)sc4ccccc45)c4cccc5c4oc4c6ccccc6ccc54)ccc32)cc1. The predicted octanol–water partition coefficient (Wildman–Crippen LogP) is 13.7. The van der Waals surface area contributed by atoms with Crippen molar-refractivity contribution in [1.82, 2.24) is 4.57 Å². The highest BCUT2D eigenvalue weighted by atomic mass is 32.1. The van der Waals surface area contributed by atoms with Crippen LogP contribution < -0.4 is 4.90 Å². The van der Waals surface area contributed by atoms with Gasteiger partial charge in [-0.15, -0.1) is 11.3 Å². The van der Waals surface area contributed by atoms with Gasteiger partial charge in [-0.25, -0.2) is 0 Å². The topological polar surface area (TPSA) is 21.3 Å². The molecule has 0 saturated carbocycles. The summed E-state index contributed by atoms with van der Waals surface area (Å²) in [5, 5.41) is 9.54. The van der Waals surface area contributed by atoms with Crippen molar-refractivity contribution in [3.63, 3.8) is 0 Å². The van der Waals surface area contributed by atoms with Crippen molar-refractivity contribution in [3.8, 4) is 5.69 Å². The third kappa shape index (κ3) is 3.97. The second-order valence-electron chi connectivity index (χ2n) is 12.9. The first-order valence-corrected chi connectivity index (χ1v) is 17.7. The summed E-state index contributed by atoms with van der Waals surface area (Å²) >= 11 is 1.84. The maximum Gasteiger partial charge on any atom is 0.159 e. The van der Waals surface area contributed by atoms with Crippen LogP contribution in [0.2, 0.25) is 0 Å². The Morgan fingerprint density at radius 1 is 0.420 bits per heavy atom. The zero-order valence-electron chi connectivity index (χ0n) is 26.9. The zero-order chi connectivity index (χ0) is 32.8. The molecule has 0 amide bonds. The Morgan fingerprint density at radius 3 is 2.00 bits per heavy atom. The Bertz CT molecular complexity index is 3110. The molecule has 0 radical (unpaired) electrons. The minimum Gasteiger partial charge on any atom is -0.453 e. The van der Waals surface area contributed by atoms with Crippen molar-refractivity contribution in [1.29, 1.82) is 0 Å². The molecule has 0 unspecified atom stereocenters. The molecule has 0 spiro atoms. The molecule has 8 aromatic carbocycles. The number of aromatic nitrogens is 1. The van der Waals surface area contributed by atoms with Crippen LogP contribution in [0, 0.1) is 0 Å². The van der Waals surface area contributed by atoms with E-state index in [-0.39, 0.29) is 0 Å². The molecule has 3 aromatic heterocycles. The second-order valence-corrected chi connectivity index (χ2v) is 14.0. The number of furan rings is 1. The van der Waals surface area contributed by atoms with E-state index in [2.05, 4.69) is 179 Å². The van der Waals surface area contributed by atoms with Gasteiger partial charge in [0, 0.05) is 64.2 Å². The van der Waals surface area contributed by atoms with Crippen LogP contribution in [0.15, 0.2) is 174 Å². The number of benzene rings is 8. The highest BCUT2D eigenvalue weighted by Gasteiger charge is 2.22. The van der Waals surface area contributed by atoms with E-state index in [1.165, 1.54) is 47.4 Å². The molecule has 4 heteroatoms. The number of thiophene rings is 1. The molecule has 0 saturated heterocycles. The molecule has 0 aliphatic heterocycles. The van der Waals surface area contributed by atoms with Gasteiger partial charge in [-0.1, -0.05) is 103 Å². The number of hydrogen-bond acceptors (Lipinski definition) is 3. The highest BCUT2D eigenvalue weighted by molar-refractivity contribution is 7.25. The van der Waals surface area contributed by atoms with Gasteiger partial charge >= 0.3 is 0 Å². The van der Waals surface area contributed by atoms with Crippen LogP contribution in [-0.2, 0) is 0 Å². The highest BCUT2D eigenvalue weighted by Crippen LogP contribution is 2.46. The van der Waals surface area contributed by atoms with Gasteiger partial charge in [0.2, 0.25) is 0 Å². The number of hydrogen-bond donors (Lipinski definition) is 0. The average molecular weight is 657 g/mol. The first kappa shape index (κ1) is 27.6. The molecular weight excluding hydrogens is 629 g/mol. The first-order valence-electron chi connectivity index (χ1n) is 16.9. The van der Waals surface area contributed by atoms with Crippen molar-refractivity contribution in [2.45, 2.75) is 0 Å². The second kappa shape index (κ2) is 10.6. The smallest absolute Gasteiger partial charge is 0.159 e. The third-order valence-corrected chi connectivity index (χ3v) is 11.3. The molecule has 0 N–H and O–H groups in total. The van der Waals surface area contributed by atoms with Gasteiger partial charge in [-0.2, -0.15) is 0 Å². The minimum atomic E-state index is 0.877. The number of fused-ring (bicyclic) bond motifs is 11. The van der Waals surface area contributed by atoms with E-state index < -0.39 is 0 Å². The molecule has 11 rings (SSSR count). The van der Waals surface area contributed by atoms with Crippen molar-refractivity contribution in [2.75, 3.05) is 4.90 Å². The Kier molecular flexibility index (Phi) is 5.83. The van der Waals surface area contributed by atoms with Crippen LogP contribution in [0.3, 0.4) is 0 Å². The summed E-state index contributed by atoms with van der Waals surface area (Å²) in [6, 6.07) is 61.2. The van der Waals surface area contributed by atoms with Gasteiger partial charge in [-0.05, 0) is 72.1 Å². The molecule has 3 heterocycles. The van der Waals surface area contributed by atoms with Crippen LogP contribution in [0.4, 0.5) is 17.1 Å². The third-order valence-electron chi connectivity index (χ3n) is 10.2. The van der Waals surface area contributed by atoms with E-state index in [9.17, 15) is 0 Å². The Morgan fingerprint density at radius 2 is 1.08 bits per heavy atom. The molecule has 50 heavy (non-hydrogen) atoms. The summed E-state index contributed by atoms with van der Waals surface area (Å²) < 4.78 is 11.9. The normalized spacial score (nSPS) is 12.0. The predicted molar refractivity (Wildman–Crippen MR) is 213 cm³/mol. The zero-order valence-corrected chi connectivity index (χ0v) is 27.7. The van der Waals surface area contributed by atoms with Gasteiger partial charge < -0.3 is 13.9 Å². The Hall–Kier alpha value is -6.36. The lowest BCUT2D eigenvalue weighted by molar-refractivity contribution is 0.673. The van der Waals surface area contributed by atoms with Crippen LogP contribution in [0.1, 0.15) is 0 Å². The largest absolute Gasteiger partial charge is 0.453 e. The van der Waals surface area contributed by atoms with E-state index in [4.69, 9.17) is 4.42 Å². The fourth-order valence-electron chi connectivity index (χ4n) is 7.92. The number of anilines is 3. The maximum atomic E-state index is 6.93. The molecule has 0 bridgehead atoms. The Balaban J connectivity index is 1.21. The lowest BCUT2D eigenvalue weighted by Gasteiger charge is -2.26. The van der Waals surface area contributed by atoms with Crippen molar-refractivity contribution >= 4 is 103 Å². The van der Waals surface area contributed by atoms with E-state index in [0.717, 1.165) is 50.1 Å². The molecule has 0 atom stereocenters. The molecule has 0 aliphatic rings. The van der Waals surface area contributed by atoms with Gasteiger partial charge in [-0.3, -0.25) is 0 Å². The fourth-order valence-corrected chi connectivity index (χ4v) is 9.06. The average Bonchev–Trinajstić information content (AvgIpc) is 3.85. The molecule has 11 aromatic rings. The molecule has 0 aliphatic carbocycles. The molecule has 0 fully saturated rings. The summed E-state index contributed by atoms with van der Waals surface area (Å²) in [7, 11) is 0. The number of rotatable bonds is 4. The van der Waals surface area contributed by atoms with Crippen molar-refractivity contribution < 1.29 is 4.42 Å². The van der Waals surface area contributed by atoms with Gasteiger partial charge in [0.05, 0.1) is 16.7 Å². The minimum absolute atomic E-state index is 0.877. The summed E-state index contributed by atoms with van der Waals surface area (Å²) in [4.78, 5) is 2.38. The van der Waals surface area contributed by atoms with Crippen LogP contribution in [0.5, 0.6) is 0 Å². The van der Waals surface area contributed by atoms with Gasteiger partial charge in [0.15, 0.2) is 5.58 Å². The van der Waals surface area contributed by atoms with E-state index >= 15 is 0 Å². The number of nitrogens with zero attached hydrogens (tertiary/aromatic N) is 2.